The van der Waals surface area contributed by atoms with Crippen LogP contribution in [0.1, 0.15) is 30.9 Å². The maximum absolute atomic E-state index is 10.2. The molecule has 1 aliphatic rings. The molecule has 0 amide bonds. The van der Waals surface area contributed by atoms with Gasteiger partial charge in [0.1, 0.15) is 0 Å². The number of aliphatic hydroxyl groups is 1. The first-order chi connectivity index (χ1) is 7.27. The molecule has 0 fully saturated rings. The molecule has 1 nitrogen and oxygen atoms in total. The highest BCUT2D eigenvalue weighted by atomic mass is 127. The maximum atomic E-state index is 10.2. The first kappa shape index (κ1) is 11.1. The summed E-state index contributed by atoms with van der Waals surface area (Å²) in [4.78, 5) is 0. The first-order valence-electron chi connectivity index (χ1n) is 5.37. The van der Waals surface area contributed by atoms with Crippen LogP contribution in [0.15, 0.2) is 36.4 Å². The summed E-state index contributed by atoms with van der Waals surface area (Å²) in [5.41, 5.74) is 1.03. The third-order valence-electron chi connectivity index (χ3n) is 2.91. The van der Waals surface area contributed by atoms with Crippen molar-refractivity contribution in [1.82, 2.24) is 0 Å². The van der Waals surface area contributed by atoms with Gasteiger partial charge < -0.3 is 5.11 Å². The minimum Gasteiger partial charge on any atom is -0.388 e. The van der Waals surface area contributed by atoms with E-state index in [9.17, 15) is 5.11 Å². The van der Waals surface area contributed by atoms with E-state index in [1.54, 1.807) is 0 Å². The van der Waals surface area contributed by atoms with Crippen LogP contribution < -0.4 is 0 Å². The van der Waals surface area contributed by atoms with Crippen LogP contribution in [0.25, 0.3) is 0 Å². The first-order valence-corrected chi connectivity index (χ1v) is 6.45. The van der Waals surface area contributed by atoms with Crippen LogP contribution in [-0.2, 0) is 0 Å². The highest BCUT2D eigenvalue weighted by Crippen LogP contribution is 2.30. The van der Waals surface area contributed by atoms with Crippen molar-refractivity contribution in [3.8, 4) is 0 Å². The molecule has 0 saturated carbocycles. The van der Waals surface area contributed by atoms with Gasteiger partial charge in [0.05, 0.1) is 6.10 Å². The molecule has 15 heavy (non-hydrogen) atoms. The van der Waals surface area contributed by atoms with Crippen molar-refractivity contribution >= 4 is 22.6 Å². The minimum atomic E-state index is -0.335. The average Bonchev–Trinajstić information content (AvgIpc) is 2.30. The van der Waals surface area contributed by atoms with Gasteiger partial charge in [0.2, 0.25) is 0 Å². The van der Waals surface area contributed by atoms with E-state index < -0.39 is 0 Å². The SMILES string of the molecule is O[C@@H](c1ccc(I)cc1)[C@@H]1C=CCCC1. The number of aliphatic hydroxyl groups excluding tert-OH is 1. The predicted molar refractivity (Wildman–Crippen MR) is 70.6 cm³/mol. The Morgan fingerprint density at radius 2 is 2.00 bits per heavy atom. The van der Waals surface area contributed by atoms with Gasteiger partial charge in [0.15, 0.2) is 0 Å². The van der Waals surface area contributed by atoms with Crippen molar-refractivity contribution in [2.24, 2.45) is 5.92 Å². The Hall–Kier alpha value is -0.350. The number of allylic oxidation sites excluding steroid dienone is 1. The van der Waals surface area contributed by atoms with Crippen LogP contribution in [0, 0.1) is 9.49 Å². The quantitative estimate of drug-likeness (QED) is 0.652. The fraction of sp³-hybridized carbons (Fsp3) is 0.385. The molecule has 80 valence electrons. The third-order valence-corrected chi connectivity index (χ3v) is 3.63. The van der Waals surface area contributed by atoms with Crippen LogP contribution in [0.3, 0.4) is 0 Å². The number of rotatable bonds is 2. The molecule has 2 atom stereocenters. The van der Waals surface area contributed by atoms with Gasteiger partial charge in [0.25, 0.3) is 0 Å². The molecule has 1 N–H and O–H groups in total. The van der Waals surface area contributed by atoms with Crippen LogP contribution in [0.4, 0.5) is 0 Å². The fourth-order valence-corrected chi connectivity index (χ4v) is 2.37. The van der Waals surface area contributed by atoms with Gasteiger partial charge >= 0.3 is 0 Å². The van der Waals surface area contributed by atoms with Crippen molar-refractivity contribution in [2.45, 2.75) is 25.4 Å². The lowest BCUT2D eigenvalue weighted by molar-refractivity contribution is 0.123. The van der Waals surface area contributed by atoms with Crippen molar-refractivity contribution in [3.63, 3.8) is 0 Å². The van der Waals surface area contributed by atoms with E-state index in [1.807, 2.05) is 24.3 Å². The Bertz CT molecular complexity index is 342. The topological polar surface area (TPSA) is 20.2 Å². The van der Waals surface area contributed by atoms with Gasteiger partial charge in [-0.3, -0.25) is 0 Å². The maximum Gasteiger partial charge on any atom is 0.0852 e. The molecule has 0 heterocycles. The van der Waals surface area contributed by atoms with Gasteiger partial charge in [0, 0.05) is 9.49 Å². The van der Waals surface area contributed by atoms with E-state index in [4.69, 9.17) is 0 Å². The van der Waals surface area contributed by atoms with Crippen LogP contribution in [-0.4, -0.2) is 5.11 Å². The molecular weight excluding hydrogens is 299 g/mol. The highest BCUT2D eigenvalue weighted by Gasteiger charge is 2.19. The summed E-state index contributed by atoms with van der Waals surface area (Å²) in [7, 11) is 0. The van der Waals surface area contributed by atoms with Crippen molar-refractivity contribution < 1.29 is 5.11 Å². The Balaban J connectivity index is 2.12. The molecule has 0 bridgehead atoms. The molecular formula is C13H15IO. The second-order valence-corrected chi connectivity index (χ2v) is 5.26. The Morgan fingerprint density at radius 3 is 2.60 bits per heavy atom. The lowest BCUT2D eigenvalue weighted by Crippen LogP contribution is -2.12. The molecule has 2 rings (SSSR count). The highest BCUT2D eigenvalue weighted by molar-refractivity contribution is 14.1. The van der Waals surface area contributed by atoms with E-state index in [0.717, 1.165) is 18.4 Å². The van der Waals surface area contributed by atoms with Gasteiger partial charge in [-0.05, 0) is 59.5 Å². The zero-order valence-corrected chi connectivity index (χ0v) is 10.7. The summed E-state index contributed by atoms with van der Waals surface area (Å²) in [6.07, 6.45) is 7.47. The van der Waals surface area contributed by atoms with E-state index in [2.05, 4.69) is 34.7 Å². The molecule has 0 spiro atoms. The van der Waals surface area contributed by atoms with Crippen molar-refractivity contribution in [2.75, 3.05) is 0 Å². The monoisotopic (exact) mass is 314 g/mol. The average molecular weight is 314 g/mol. The van der Waals surface area contributed by atoms with Crippen molar-refractivity contribution in [1.29, 1.82) is 0 Å². The largest absolute Gasteiger partial charge is 0.388 e. The zero-order valence-electron chi connectivity index (χ0n) is 8.57. The van der Waals surface area contributed by atoms with Crippen LogP contribution >= 0.6 is 22.6 Å². The van der Waals surface area contributed by atoms with Gasteiger partial charge in [-0.2, -0.15) is 0 Å². The molecule has 0 saturated heterocycles. The molecule has 0 aromatic heterocycles. The molecule has 0 aliphatic heterocycles. The smallest absolute Gasteiger partial charge is 0.0852 e. The number of benzene rings is 1. The van der Waals surface area contributed by atoms with Crippen LogP contribution in [0.2, 0.25) is 0 Å². The van der Waals surface area contributed by atoms with Crippen molar-refractivity contribution in [3.05, 3.63) is 45.6 Å². The second kappa shape index (κ2) is 5.12. The number of halogens is 1. The molecule has 2 heteroatoms. The molecule has 1 aromatic carbocycles. The predicted octanol–water partition coefficient (Wildman–Crippen LogP) is 3.68. The minimum absolute atomic E-state index is 0.304. The van der Waals surface area contributed by atoms with E-state index in [-0.39, 0.29) is 6.10 Å². The molecule has 0 radical (unpaired) electrons. The molecule has 0 unspecified atom stereocenters. The summed E-state index contributed by atoms with van der Waals surface area (Å²) >= 11 is 2.28. The van der Waals surface area contributed by atoms with Gasteiger partial charge in [-0.15, -0.1) is 0 Å². The summed E-state index contributed by atoms with van der Waals surface area (Å²) in [5, 5.41) is 10.2. The van der Waals surface area contributed by atoms with E-state index >= 15 is 0 Å². The molecule has 1 aromatic rings. The Kier molecular flexibility index (Phi) is 3.81. The molecule has 1 aliphatic carbocycles. The summed E-state index contributed by atoms with van der Waals surface area (Å²) < 4.78 is 1.21. The van der Waals surface area contributed by atoms with Gasteiger partial charge in [-0.25, -0.2) is 0 Å². The Labute approximate surface area is 104 Å². The van der Waals surface area contributed by atoms with E-state index in [1.165, 1.54) is 9.99 Å². The summed E-state index contributed by atoms with van der Waals surface area (Å²) in [5.74, 6) is 0.304. The zero-order chi connectivity index (χ0) is 10.7. The number of hydrogen-bond donors (Lipinski definition) is 1. The second-order valence-electron chi connectivity index (χ2n) is 4.02. The lowest BCUT2D eigenvalue weighted by Gasteiger charge is -2.22. The lowest BCUT2D eigenvalue weighted by atomic mass is 9.87. The normalized spacial score (nSPS) is 22.7. The van der Waals surface area contributed by atoms with Gasteiger partial charge in [-0.1, -0.05) is 24.3 Å². The van der Waals surface area contributed by atoms with Crippen LogP contribution in [0.5, 0.6) is 0 Å². The summed E-state index contributed by atoms with van der Waals surface area (Å²) in [6, 6.07) is 8.14. The third kappa shape index (κ3) is 2.82. The fourth-order valence-electron chi connectivity index (χ4n) is 2.01. The Morgan fingerprint density at radius 1 is 1.27 bits per heavy atom. The summed E-state index contributed by atoms with van der Waals surface area (Å²) in [6.45, 7) is 0. The van der Waals surface area contributed by atoms with E-state index in [0.29, 0.717) is 5.92 Å². The standard InChI is InChI=1S/C13H15IO/c14-12-8-6-11(7-9-12)13(15)10-4-2-1-3-5-10/h2,4,6-10,13,15H,1,3,5H2/t10-,13-/m1/s1. The number of hydrogen-bond acceptors (Lipinski definition) is 1.